The summed E-state index contributed by atoms with van der Waals surface area (Å²) in [4.78, 5) is 15.4. The van der Waals surface area contributed by atoms with Crippen molar-refractivity contribution < 1.29 is 14.9 Å². The number of aromatic nitrogens is 2. The molecule has 1 aliphatic heterocycles. The van der Waals surface area contributed by atoms with E-state index in [1.165, 1.54) is 10.8 Å². The van der Waals surface area contributed by atoms with Crippen molar-refractivity contribution in [3.63, 3.8) is 0 Å². The Balaban J connectivity index is 2.21. The lowest BCUT2D eigenvalue weighted by Crippen LogP contribution is -2.28. The van der Waals surface area contributed by atoms with Crippen LogP contribution in [-0.2, 0) is 11.3 Å². The van der Waals surface area contributed by atoms with Gasteiger partial charge in [0.05, 0.1) is 12.7 Å². The van der Waals surface area contributed by atoms with Crippen molar-refractivity contribution in [2.75, 3.05) is 12.3 Å². The van der Waals surface area contributed by atoms with Gasteiger partial charge in [-0.3, -0.25) is 4.57 Å². The van der Waals surface area contributed by atoms with E-state index in [0.29, 0.717) is 18.4 Å². The second-order valence-electron chi connectivity index (χ2n) is 4.30. The molecule has 2 atom stereocenters. The van der Waals surface area contributed by atoms with Crippen LogP contribution in [0.1, 0.15) is 31.1 Å². The highest BCUT2D eigenvalue weighted by atomic mass is 16.5. The van der Waals surface area contributed by atoms with E-state index in [1.807, 2.05) is 0 Å². The number of hydrogen-bond donors (Lipinski definition) is 3. The van der Waals surface area contributed by atoms with Crippen molar-refractivity contribution in [2.24, 2.45) is 0 Å². The molecule has 18 heavy (non-hydrogen) atoms. The average Bonchev–Trinajstić information content (AvgIpc) is 2.78. The molecule has 1 fully saturated rings. The van der Waals surface area contributed by atoms with E-state index in [9.17, 15) is 4.79 Å². The zero-order chi connectivity index (χ0) is 13.1. The van der Waals surface area contributed by atoms with E-state index >= 15 is 0 Å². The molecule has 0 radical (unpaired) electrons. The molecule has 1 aliphatic rings. The van der Waals surface area contributed by atoms with Gasteiger partial charge in [0.2, 0.25) is 0 Å². The van der Waals surface area contributed by atoms with Gasteiger partial charge in [-0.25, -0.2) is 4.79 Å². The van der Waals surface area contributed by atoms with Crippen LogP contribution in [0.15, 0.2) is 11.0 Å². The van der Waals surface area contributed by atoms with E-state index in [-0.39, 0.29) is 25.1 Å². The van der Waals surface area contributed by atoms with Crippen LogP contribution in [-0.4, -0.2) is 32.5 Å². The molecule has 4 N–H and O–H groups in total. The van der Waals surface area contributed by atoms with Gasteiger partial charge >= 0.3 is 5.69 Å². The number of nitrogens with zero attached hydrogens (tertiary/aromatic N) is 2. The molecule has 1 saturated heterocycles. The number of rotatable bonds is 4. The summed E-state index contributed by atoms with van der Waals surface area (Å²) < 4.78 is 7.00. The van der Waals surface area contributed by atoms with Crippen molar-refractivity contribution in [1.82, 2.24) is 9.55 Å². The fraction of sp³-hybridized carbons (Fsp3) is 0.636. The third kappa shape index (κ3) is 2.53. The summed E-state index contributed by atoms with van der Waals surface area (Å²) in [5.74, 6) is 0.0451. The zero-order valence-electron chi connectivity index (χ0n) is 9.95. The first kappa shape index (κ1) is 13.0. The van der Waals surface area contributed by atoms with Crippen molar-refractivity contribution in [1.29, 1.82) is 0 Å². The van der Waals surface area contributed by atoms with Crippen LogP contribution < -0.4 is 11.4 Å². The smallest absolute Gasteiger partial charge is 0.351 e. The van der Waals surface area contributed by atoms with Crippen molar-refractivity contribution in [3.05, 3.63) is 22.2 Å². The predicted octanol–water partition coefficient (Wildman–Crippen LogP) is -0.622. The maximum absolute atomic E-state index is 11.7. The maximum Gasteiger partial charge on any atom is 0.351 e. The Morgan fingerprint density at radius 3 is 2.94 bits per heavy atom. The van der Waals surface area contributed by atoms with E-state index in [2.05, 4.69) is 4.98 Å². The number of nitrogens with two attached hydrogens (primary N) is 1. The van der Waals surface area contributed by atoms with Gasteiger partial charge in [0.1, 0.15) is 12.0 Å². The molecule has 1 aromatic heterocycles. The van der Waals surface area contributed by atoms with Crippen LogP contribution >= 0.6 is 0 Å². The molecule has 7 nitrogen and oxygen atoms in total. The van der Waals surface area contributed by atoms with Crippen LogP contribution in [0.5, 0.6) is 0 Å². The quantitative estimate of drug-likeness (QED) is 0.661. The van der Waals surface area contributed by atoms with Gasteiger partial charge in [0.15, 0.2) is 0 Å². The summed E-state index contributed by atoms with van der Waals surface area (Å²) in [5.41, 5.74) is 5.44. The van der Waals surface area contributed by atoms with Gasteiger partial charge < -0.3 is 20.7 Å². The highest BCUT2D eigenvalue weighted by molar-refractivity contribution is 5.36. The largest absolute Gasteiger partial charge is 0.396 e. The Bertz CT molecular complexity index is 474. The molecule has 0 aromatic carbocycles. The van der Waals surface area contributed by atoms with Gasteiger partial charge in [-0.1, -0.05) is 0 Å². The summed E-state index contributed by atoms with van der Waals surface area (Å²) in [7, 11) is 0. The highest BCUT2D eigenvalue weighted by Crippen LogP contribution is 2.28. The number of ether oxygens (including phenoxy) is 1. The molecule has 100 valence electrons. The fourth-order valence-corrected chi connectivity index (χ4v) is 2.10. The lowest BCUT2D eigenvalue weighted by molar-refractivity contribution is -0.0104. The molecule has 0 unspecified atom stereocenters. The molecule has 0 aliphatic carbocycles. The Hall–Kier alpha value is -1.44. The lowest BCUT2D eigenvalue weighted by Gasteiger charge is -2.16. The lowest BCUT2D eigenvalue weighted by atomic mass is 10.2. The first-order valence-corrected chi connectivity index (χ1v) is 5.90. The standard InChI is InChI=1S/C11H17N3O4/c12-10-7(6-16)5-14(11(17)13-10)9-2-1-8(18-9)3-4-15/h5,8-9,15-16H,1-4,6H2,(H2,12,13,17)/t8-,9+/m0/s1. The summed E-state index contributed by atoms with van der Waals surface area (Å²) >= 11 is 0. The minimum absolute atomic E-state index is 0.0398. The number of aliphatic hydroxyl groups excluding tert-OH is 2. The first-order valence-electron chi connectivity index (χ1n) is 5.90. The van der Waals surface area contributed by atoms with Crippen molar-refractivity contribution >= 4 is 5.82 Å². The van der Waals surface area contributed by atoms with Gasteiger partial charge in [-0.05, 0) is 19.3 Å². The van der Waals surface area contributed by atoms with E-state index in [0.717, 1.165) is 6.42 Å². The van der Waals surface area contributed by atoms with Crippen LogP contribution in [0.25, 0.3) is 0 Å². The molecule has 7 heteroatoms. The Labute approximate surface area is 104 Å². The summed E-state index contributed by atoms with van der Waals surface area (Å²) in [6.07, 6.45) is 3.07. The molecule has 2 heterocycles. The second-order valence-corrected chi connectivity index (χ2v) is 4.30. The Morgan fingerprint density at radius 1 is 1.50 bits per heavy atom. The van der Waals surface area contributed by atoms with E-state index < -0.39 is 11.9 Å². The van der Waals surface area contributed by atoms with E-state index in [4.69, 9.17) is 20.7 Å². The first-order chi connectivity index (χ1) is 8.65. The van der Waals surface area contributed by atoms with E-state index in [1.54, 1.807) is 0 Å². The maximum atomic E-state index is 11.7. The third-order valence-corrected chi connectivity index (χ3v) is 3.08. The number of aliphatic hydroxyl groups is 2. The second kappa shape index (κ2) is 5.47. The average molecular weight is 255 g/mol. The van der Waals surface area contributed by atoms with Crippen molar-refractivity contribution in [2.45, 2.75) is 38.2 Å². The summed E-state index contributed by atoms with van der Waals surface area (Å²) in [6.45, 7) is -0.208. The monoisotopic (exact) mass is 255 g/mol. The molecule has 0 bridgehead atoms. The normalized spacial score (nSPS) is 23.4. The topological polar surface area (TPSA) is 111 Å². The molecular formula is C11H17N3O4. The molecule has 2 rings (SSSR count). The predicted molar refractivity (Wildman–Crippen MR) is 63.7 cm³/mol. The number of anilines is 1. The Morgan fingerprint density at radius 2 is 2.28 bits per heavy atom. The Kier molecular flexibility index (Phi) is 3.95. The van der Waals surface area contributed by atoms with Crippen molar-refractivity contribution in [3.8, 4) is 0 Å². The van der Waals surface area contributed by atoms with Gasteiger partial charge in [0.25, 0.3) is 0 Å². The summed E-state index contributed by atoms with van der Waals surface area (Å²) in [6, 6.07) is 0. The van der Waals surface area contributed by atoms with Gasteiger partial charge in [-0.2, -0.15) is 4.98 Å². The number of hydrogen-bond acceptors (Lipinski definition) is 6. The summed E-state index contributed by atoms with van der Waals surface area (Å²) in [5, 5.41) is 17.9. The minimum atomic E-state index is -0.487. The molecule has 1 aromatic rings. The van der Waals surface area contributed by atoms with Crippen LogP contribution in [0.3, 0.4) is 0 Å². The molecule has 0 amide bonds. The highest BCUT2D eigenvalue weighted by Gasteiger charge is 2.27. The molecule has 0 saturated carbocycles. The molecule has 0 spiro atoms. The minimum Gasteiger partial charge on any atom is -0.396 e. The molecular weight excluding hydrogens is 238 g/mol. The van der Waals surface area contributed by atoms with Gasteiger partial charge in [0, 0.05) is 18.4 Å². The SMILES string of the molecule is Nc1nc(=O)n([C@H]2CC[C@@H](CCO)O2)cc1CO. The fourth-order valence-electron chi connectivity index (χ4n) is 2.10. The van der Waals surface area contributed by atoms with Crippen LogP contribution in [0.2, 0.25) is 0 Å². The third-order valence-electron chi connectivity index (χ3n) is 3.08. The van der Waals surface area contributed by atoms with Gasteiger partial charge in [-0.15, -0.1) is 0 Å². The van der Waals surface area contributed by atoms with Crippen LogP contribution in [0, 0.1) is 0 Å². The zero-order valence-corrected chi connectivity index (χ0v) is 9.95. The van der Waals surface area contributed by atoms with Crippen LogP contribution in [0.4, 0.5) is 5.82 Å². The number of nitrogen functional groups attached to an aromatic ring is 1.